The average Bonchev–Trinajstić information content (AvgIpc) is 2.46. The maximum Gasteiger partial charge on any atom is 0.264 e. The Kier molecular flexibility index (Phi) is 6.48. The van der Waals surface area contributed by atoms with Crippen LogP contribution in [0.5, 0.6) is 0 Å². The molecule has 0 saturated carbocycles. The Morgan fingerprint density at radius 1 is 1.40 bits per heavy atom. The zero-order valence-electron chi connectivity index (χ0n) is 12.1. The topological polar surface area (TPSA) is 70.1 Å². The highest BCUT2D eigenvalue weighted by Gasteiger charge is 2.15. The van der Waals surface area contributed by atoms with Crippen LogP contribution in [0.15, 0.2) is 29.8 Å². The van der Waals surface area contributed by atoms with E-state index in [2.05, 4.69) is 0 Å². The molecule has 0 aliphatic heterocycles. The summed E-state index contributed by atoms with van der Waals surface area (Å²) in [5.74, 6) is -0.221. The van der Waals surface area contributed by atoms with Gasteiger partial charge < -0.3 is 10.6 Å². The zero-order chi connectivity index (χ0) is 15.0. The van der Waals surface area contributed by atoms with Gasteiger partial charge in [-0.3, -0.25) is 4.79 Å². The van der Waals surface area contributed by atoms with Gasteiger partial charge in [0.25, 0.3) is 5.91 Å². The lowest BCUT2D eigenvalue weighted by Crippen LogP contribution is -2.31. The number of carbonyl (C=O) groups is 1. The van der Waals surface area contributed by atoms with Crippen molar-refractivity contribution in [2.24, 2.45) is 5.73 Å². The SMILES string of the molecule is CCN(CC)C(=O)C(C#N)=Cc1cccc(CCN)c1. The highest BCUT2D eigenvalue weighted by molar-refractivity contribution is 6.01. The van der Waals surface area contributed by atoms with E-state index in [4.69, 9.17) is 5.73 Å². The Hall–Kier alpha value is -2.12. The van der Waals surface area contributed by atoms with Gasteiger partial charge in [-0.1, -0.05) is 24.3 Å². The maximum absolute atomic E-state index is 12.2. The minimum absolute atomic E-state index is 0.165. The van der Waals surface area contributed by atoms with E-state index in [1.807, 2.05) is 44.2 Å². The summed E-state index contributed by atoms with van der Waals surface area (Å²) in [5.41, 5.74) is 7.66. The van der Waals surface area contributed by atoms with Crippen molar-refractivity contribution in [3.05, 3.63) is 41.0 Å². The standard InChI is InChI=1S/C16H21N3O/c1-3-19(4-2)16(20)15(12-18)11-14-7-5-6-13(10-14)8-9-17/h5-7,10-11H,3-4,8-9,17H2,1-2H3. The van der Waals surface area contributed by atoms with E-state index < -0.39 is 0 Å². The fourth-order valence-electron chi connectivity index (χ4n) is 1.99. The molecule has 0 aliphatic rings. The summed E-state index contributed by atoms with van der Waals surface area (Å²) < 4.78 is 0. The molecule has 4 heteroatoms. The largest absolute Gasteiger partial charge is 0.339 e. The first kappa shape index (κ1) is 15.9. The minimum atomic E-state index is -0.221. The predicted molar refractivity (Wildman–Crippen MR) is 80.7 cm³/mol. The molecule has 4 nitrogen and oxygen atoms in total. The highest BCUT2D eigenvalue weighted by atomic mass is 16.2. The molecule has 0 heterocycles. The van der Waals surface area contributed by atoms with Gasteiger partial charge in [0.15, 0.2) is 0 Å². The molecule has 0 bridgehead atoms. The van der Waals surface area contributed by atoms with E-state index >= 15 is 0 Å². The lowest BCUT2D eigenvalue weighted by Gasteiger charge is -2.17. The molecule has 0 atom stereocenters. The smallest absolute Gasteiger partial charge is 0.264 e. The van der Waals surface area contributed by atoms with Gasteiger partial charge in [-0.05, 0) is 44.0 Å². The van der Waals surface area contributed by atoms with Crippen LogP contribution in [-0.2, 0) is 11.2 Å². The fourth-order valence-corrected chi connectivity index (χ4v) is 1.99. The van der Waals surface area contributed by atoms with Crippen LogP contribution in [0.25, 0.3) is 6.08 Å². The van der Waals surface area contributed by atoms with Crippen molar-refractivity contribution in [2.75, 3.05) is 19.6 Å². The zero-order valence-corrected chi connectivity index (χ0v) is 12.1. The first-order chi connectivity index (χ1) is 9.65. The van der Waals surface area contributed by atoms with Crippen LogP contribution < -0.4 is 5.73 Å². The molecule has 20 heavy (non-hydrogen) atoms. The summed E-state index contributed by atoms with van der Waals surface area (Å²) in [7, 11) is 0. The van der Waals surface area contributed by atoms with Gasteiger partial charge in [-0.25, -0.2) is 0 Å². The Morgan fingerprint density at radius 2 is 2.10 bits per heavy atom. The number of benzene rings is 1. The molecule has 0 saturated heterocycles. The molecule has 1 amide bonds. The molecular formula is C16H21N3O. The van der Waals surface area contributed by atoms with E-state index in [-0.39, 0.29) is 11.5 Å². The number of hydrogen-bond donors (Lipinski definition) is 1. The second-order valence-corrected chi connectivity index (χ2v) is 4.43. The summed E-state index contributed by atoms with van der Waals surface area (Å²) >= 11 is 0. The first-order valence-electron chi connectivity index (χ1n) is 6.86. The van der Waals surface area contributed by atoms with Crippen molar-refractivity contribution in [2.45, 2.75) is 20.3 Å². The van der Waals surface area contributed by atoms with Crippen LogP contribution >= 0.6 is 0 Å². The maximum atomic E-state index is 12.2. The summed E-state index contributed by atoms with van der Waals surface area (Å²) in [5, 5.41) is 9.18. The number of carbonyl (C=O) groups excluding carboxylic acids is 1. The van der Waals surface area contributed by atoms with Crippen LogP contribution in [-0.4, -0.2) is 30.4 Å². The molecule has 106 valence electrons. The number of nitriles is 1. The van der Waals surface area contributed by atoms with Gasteiger partial charge >= 0.3 is 0 Å². The Morgan fingerprint density at radius 3 is 2.65 bits per heavy atom. The third-order valence-corrected chi connectivity index (χ3v) is 3.10. The van der Waals surface area contributed by atoms with Crippen LogP contribution in [0.3, 0.4) is 0 Å². The molecular weight excluding hydrogens is 250 g/mol. The predicted octanol–water partition coefficient (Wildman–Crippen LogP) is 1.96. The number of likely N-dealkylation sites (N-methyl/N-ethyl adjacent to an activating group) is 1. The van der Waals surface area contributed by atoms with Gasteiger partial charge in [-0.2, -0.15) is 5.26 Å². The highest BCUT2D eigenvalue weighted by Crippen LogP contribution is 2.12. The summed E-state index contributed by atoms with van der Waals surface area (Å²) in [6, 6.07) is 9.73. The second kappa shape index (κ2) is 8.13. The Bertz CT molecular complexity index is 525. The van der Waals surface area contributed by atoms with Crippen LogP contribution in [0.1, 0.15) is 25.0 Å². The van der Waals surface area contributed by atoms with Gasteiger partial charge in [0.2, 0.25) is 0 Å². The van der Waals surface area contributed by atoms with Gasteiger partial charge in [0.05, 0.1) is 0 Å². The van der Waals surface area contributed by atoms with E-state index in [1.54, 1.807) is 11.0 Å². The Labute approximate surface area is 120 Å². The minimum Gasteiger partial charge on any atom is -0.339 e. The molecule has 2 N–H and O–H groups in total. The molecule has 0 fully saturated rings. The number of nitrogens with zero attached hydrogens (tertiary/aromatic N) is 2. The molecule has 0 aromatic heterocycles. The van der Waals surface area contributed by atoms with Crippen LogP contribution in [0.2, 0.25) is 0 Å². The second-order valence-electron chi connectivity index (χ2n) is 4.43. The van der Waals surface area contributed by atoms with Crippen molar-refractivity contribution in [1.29, 1.82) is 5.26 Å². The number of rotatable bonds is 6. The van der Waals surface area contributed by atoms with E-state index in [0.717, 1.165) is 17.5 Å². The summed E-state index contributed by atoms with van der Waals surface area (Å²) in [4.78, 5) is 13.8. The van der Waals surface area contributed by atoms with Gasteiger partial charge in [0, 0.05) is 13.1 Å². The monoisotopic (exact) mass is 271 g/mol. The molecule has 0 unspecified atom stereocenters. The summed E-state index contributed by atoms with van der Waals surface area (Å²) in [6.45, 7) is 5.58. The molecule has 1 aromatic rings. The third kappa shape index (κ3) is 4.22. The first-order valence-corrected chi connectivity index (χ1v) is 6.86. The van der Waals surface area contributed by atoms with Crippen molar-refractivity contribution in [3.8, 4) is 6.07 Å². The van der Waals surface area contributed by atoms with Gasteiger partial charge in [0.1, 0.15) is 11.6 Å². The molecule has 0 radical (unpaired) electrons. The molecule has 0 spiro atoms. The van der Waals surface area contributed by atoms with Crippen molar-refractivity contribution < 1.29 is 4.79 Å². The fraction of sp³-hybridized carbons (Fsp3) is 0.375. The van der Waals surface area contributed by atoms with Crippen LogP contribution in [0.4, 0.5) is 0 Å². The lowest BCUT2D eigenvalue weighted by atomic mass is 10.1. The molecule has 1 aromatic carbocycles. The molecule has 0 aliphatic carbocycles. The van der Waals surface area contributed by atoms with Crippen LogP contribution in [0, 0.1) is 11.3 Å². The summed E-state index contributed by atoms with van der Waals surface area (Å²) in [6.07, 6.45) is 2.42. The number of amides is 1. The number of nitrogens with two attached hydrogens (primary N) is 1. The van der Waals surface area contributed by atoms with E-state index in [0.29, 0.717) is 19.6 Å². The van der Waals surface area contributed by atoms with Crippen molar-refractivity contribution in [3.63, 3.8) is 0 Å². The normalized spacial score (nSPS) is 11.0. The molecule has 1 rings (SSSR count). The van der Waals surface area contributed by atoms with Gasteiger partial charge in [-0.15, -0.1) is 0 Å². The van der Waals surface area contributed by atoms with Crippen molar-refractivity contribution >= 4 is 12.0 Å². The van der Waals surface area contributed by atoms with E-state index in [1.165, 1.54) is 0 Å². The third-order valence-electron chi connectivity index (χ3n) is 3.10. The van der Waals surface area contributed by atoms with E-state index in [9.17, 15) is 10.1 Å². The average molecular weight is 271 g/mol. The van der Waals surface area contributed by atoms with Crippen molar-refractivity contribution in [1.82, 2.24) is 4.90 Å². The lowest BCUT2D eigenvalue weighted by molar-refractivity contribution is -0.126. The quantitative estimate of drug-likeness (QED) is 0.635. The Balaban J connectivity index is 3.03. The number of hydrogen-bond acceptors (Lipinski definition) is 3.